The van der Waals surface area contributed by atoms with Gasteiger partial charge in [-0.25, -0.2) is 13.2 Å². The molecule has 170 valence electrons. The topological polar surface area (TPSA) is 123 Å². The Balaban J connectivity index is 1.72. The largest absolute Gasteiger partial charge is 0.465 e. The number of ether oxygens (including phenoxy) is 1. The van der Waals surface area contributed by atoms with Crippen LogP contribution in [0.2, 0.25) is 0 Å². The zero-order chi connectivity index (χ0) is 23.6. The van der Waals surface area contributed by atoms with Gasteiger partial charge in [-0.2, -0.15) is 10.5 Å². The highest BCUT2D eigenvalue weighted by atomic mass is 32.2. The highest BCUT2D eigenvalue weighted by Crippen LogP contribution is 2.44. The van der Waals surface area contributed by atoms with Gasteiger partial charge in [0.2, 0.25) is 0 Å². The van der Waals surface area contributed by atoms with E-state index in [1.807, 2.05) is 4.90 Å². The lowest BCUT2D eigenvalue weighted by molar-refractivity contribution is 0.0600. The number of carbonyl (C=O) groups is 1. The summed E-state index contributed by atoms with van der Waals surface area (Å²) < 4.78 is 34.5. The van der Waals surface area contributed by atoms with Gasteiger partial charge in [0, 0.05) is 19.0 Å². The molecule has 2 aromatic carbocycles. The molecule has 33 heavy (non-hydrogen) atoms. The molecule has 0 atom stereocenters. The molecule has 2 aromatic rings. The average molecular weight is 465 g/mol. The van der Waals surface area contributed by atoms with Crippen LogP contribution in [-0.4, -0.2) is 34.6 Å². The third-order valence-electron chi connectivity index (χ3n) is 6.13. The molecule has 0 aromatic heterocycles. The summed E-state index contributed by atoms with van der Waals surface area (Å²) in [5, 5.41) is 18.5. The van der Waals surface area contributed by atoms with Crippen LogP contribution >= 0.6 is 0 Å². The number of rotatable bonds is 6. The van der Waals surface area contributed by atoms with Gasteiger partial charge >= 0.3 is 5.97 Å². The number of benzene rings is 2. The zero-order valence-electron chi connectivity index (χ0n) is 18.2. The molecule has 0 bridgehead atoms. The minimum atomic E-state index is -4.06. The molecule has 4 rings (SSSR count). The molecular weight excluding hydrogens is 440 g/mol. The summed E-state index contributed by atoms with van der Waals surface area (Å²) in [7, 11) is -2.81. The van der Waals surface area contributed by atoms with Gasteiger partial charge in [-0.3, -0.25) is 4.72 Å². The molecule has 2 aliphatic rings. The number of hydrogen-bond donors (Lipinski definition) is 1. The van der Waals surface area contributed by atoms with E-state index in [0.717, 1.165) is 12.8 Å². The molecule has 0 unspecified atom stereocenters. The van der Waals surface area contributed by atoms with Crippen LogP contribution in [0, 0.1) is 28.6 Å². The minimum absolute atomic E-state index is 0.0121. The number of methoxy groups -OCH3 is 1. The van der Waals surface area contributed by atoms with Crippen molar-refractivity contribution in [3.63, 3.8) is 0 Å². The first-order chi connectivity index (χ1) is 15.9. The first-order valence-corrected chi connectivity index (χ1v) is 12.3. The van der Waals surface area contributed by atoms with Crippen LogP contribution in [0.4, 0.5) is 11.4 Å². The monoisotopic (exact) mass is 464 g/mol. The lowest BCUT2D eigenvalue weighted by Gasteiger charge is -2.32. The minimum Gasteiger partial charge on any atom is -0.465 e. The normalized spacial score (nSPS) is 16.5. The number of anilines is 2. The highest BCUT2D eigenvalue weighted by molar-refractivity contribution is 7.92. The van der Waals surface area contributed by atoms with Crippen molar-refractivity contribution in [2.45, 2.75) is 36.5 Å². The van der Waals surface area contributed by atoms with Gasteiger partial charge in [-0.1, -0.05) is 6.07 Å². The third-order valence-corrected chi connectivity index (χ3v) is 7.55. The second-order valence-electron chi connectivity index (χ2n) is 8.36. The molecule has 1 saturated heterocycles. The van der Waals surface area contributed by atoms with Crippen LogP contribution < -0.4 is 9.62 Å². The van der Waals surface area contributed by atoms with Crippen molar-refractivity contribution in [3.05, 3.63) is 53.1 Å². The molecular formula is C24H24N4O4S. The van der Waals surface area contributed by atoms with Crippen LogP contribution in [0.3, 0.4) is 0 Å². The number of carbonyl (C=O) groups excluding carboxylic acids is 1. The number of nitrogens with one attached hydrogen (secondary N) is 1. The molecule has 1 aliphatic carbocycles. The van der Waals surface area contributed by atoms with E-state index >= 15 is 0 Å². The van der Waals surface area contributed by atoms with Crippen molar-refractivity contribution in [1.29, 1.82) is 10.5 Å². The van der Waals surface area contributed by atoms with E-state index < -0.39 is 16.0 Å². The SMILES string of the molecule is COC(=O)c1ccc(C2CC2)c(S(=O)(=O)Nc2cc(C#N)ccc2N2CCC(C#N)CC2)c1. The van der Waals surface area contributed by atoms with Gasteiger partial charge in [-0.05, 0) is 67.5 Å². The molecule has 1 heterocycles. The Bertz CT molecular complexity index is 1260. The fraction of sp³-hybridized carbons (Fsp3) is 0.375. The molecule has 1 aliphatic heterocycles. The van der Waals surface area contributed by atoms with Gasteiger partial charge in [0.15, 0.2) is 0 Å². The smallest absolute Gasteiger partial charge is 0.337 e. The molecule has 0 amide bonds. The van der Waals surface area contributed by atoms with Gasteiger partial charge in [0.05, 0.1) is 46.6 Å². The van der Waals surface area contributed by atoms with Crippen molar-refractivity contribution in [2.24, 2.45) is 5.92 Å². The Morgan fingerprint density at radius 1 is 1.09 bits per heavy atom. The fourth-order valence-electron chi connectivity index (χ4n) is 4.16. The Kier molecular flexibility index (Phi) is 6.26. The van der Waals surface area contributed by atoms with Crippen LogP contribution in [0.1, 0.15) is 53.1 Å². The van der Waals surface area contributed by atoms with E-state index in [0.29, 0.717) is 48.4 Å². The van der Waals surface area contributed by atoms with Gasteiger partial charge in [-0.15, -0.1) is 0 Å². The molecule has 8 nitrogen and oxygen atoms in total. The standard InChI is InChI=1S/C24H24N4O4S/c1-32-24(29)19-5-6-20(18-3-4-18)23(13-19)33(30,31)27-21-12-17(15-26)2-7-22(21)28-10-8-16(14-25)9-11-28/h2,5-7,12-13,16,18,27H,3-4,8-11H2,1H3. The molecule has 0 radical (unpaired) electrons. The Labute approximate surface area is 193 Å². The summed E-state index contributed by atoms with van der Waals surface area (Å²) in [6, 6.07) is 13.9. The van der Waals surface area contributed by atoms with Gasteiger partial charge in [0.25, 0.3) is 10.0 Å². The van der Waals surface area contributed by atoms with Crippen LogP contribution in [-0.2, 0) is 14.8 Å². The quantitative estimate of drug-likeness (QED) is 0.646. The maximum atomic E-state index is 13.5. The average Bonchev–Trinajstić information content (AvgIpc) is 3.68. The van der Waals surface area contributed by atoms with Gasteiger partial charge < -0.3 is 9.64 Å². The van der Waals surface area contributed by atoms with E-state index in [2.05, 4.69) is 16.9 Å². The maximum absolute atomic E-state index is 13.5. The van der Waals surface area contributed by atoms with E-state index in [4.69, 9.17) is 4.74 Å². The molecule has 2 fully saturated rings. The summed E-state index contributed by atoms with van der Waals surface area (Å²) >= 11 is 0. The van der Waals surface area contributed by atoms with Crippen LogP contribution in [0.25, 0.3) is 0 Å². The number of sulfonamides is 1. The lowest BCUT2D eigenvalue weighted by atomic mass is 9.98. The van der Waals surface area contributed by atoms with E-state index in [9.17, 15) is 23.7 Å². The van der Waals surface area contributed by atoms with Crippen molar-refractivity contribution in [3.8, 4) is 12.1 Å². The number of piperidine rings is 1. The van der Waals surface area contributed by atoms with Crippen LogP contribution in [0.5, 0.6) is 0 Å². The summed E-state index contributed by atoms with van der Waals surface area (Å²) in [6.07, 6.45) is 3.16. The van der Waals surface area contributed by atoms with Crippen molar-refractivity contribution < 1.29 is 17.9 Å². The first-order valence-electron chi connectivity index (χ1n) is 10.8. The van der Waals surface area contributed by atoms with E-state index in [1.54, 1.807) is 24.3 Å². The second-order valence-corrected chi connectivity index (χ2v) is 10.0. The predicted molar refractivity (Wildman–Crippen MR) is 122 cm³/mol. The summed E-state index contributed by atoms with van der Waals surface area (Å²) in [4.78, 5) is 14.1. The highest BCUT2D eigenvalue weighted by Gasteiger charge is 2.32. The number of esters is 1. The molecule has 1 N–H and O–H groups in total. The fourth-order valence-corrected chi connectivity index (χ4v) is 5.55. The zero-order valence-corrected chi connectivity index (χ0v) is 19.1. The Morgan fingerprint density at radius 2 is 1.82 bits per heavy atom. The van der Waals surface area contributed by atoms with E-state index in [1.165, 1.54) is 19.2 Å². The maximum Gasteiger partial charge on any atom is 0.337 e. The summed E-state index contributed by atoms with van der Waals surface area (Å²) in [5.74, 6) is -0.485. The Hall–Kier alpha value is -3.56. The second kappa shape index (κ2) is 9.13. The number of nitriles is 2. The van der Waals surface area contributed by atoms with Gasteiger partial charge in [0.1, 0.15) is 0 Å². The summed E-state index contributed by atoms with van der Waals surface area (Å²) in [6.45, 7) is 1.23. The molecule has 9 heteroatoms. The Morgan fingerprint density at radius 3 is 2.42 bits per heavy atom. The molecule has 1 saturated carbocycles. The van der Waals surface area contributed by atoms with Crippen molar-refractivity contribution in [2.75, 3.05) is 29.8 Å². The van der Waals surface area contributed by atoms with Crippen molar-refractivity contribution >= 4 is 27.4 Å². The number of hydrogen-bond acceptors (Lipinski definition) is 7. The third kappa shape index (κ3) is 4.79. The molecule has 0 spiro atoms. The first kappa shape index (κ1) is 22.6. The summed E-state index contributed by atoms with van der Waals surface area (Å²) in [5.41, 5.74) is 2.12. The van der Waals surface area contributed by atoms with Crippen LogP contribution in [0.15, 0.2) is 41.3 Å². The van der Waals surface area contributed by atoms with Crippen molar-refractivity contribution in [1.82, 2.24) is 0 Å². The lowest BCUT2D eigenvalue weighted by Crippen LogP contribution is -2.34. The number of nitrogens with zero attached hydrogens (tertiary/aromatic N) is 3. The van der Waals surface area contributed by atoms with E-state index in [-0.39, 0.29) is 22.3 Å². The predicted octanol–water partition coefficient (Wildman–Crippen LogP) is 3.76.